The third kappa shape index (κ3) is 6.71. The molecule has 2 aliphatic heterocycles. The van der Waals surface area contributed by atoms with E-state index in [0.717, 1.165) is 71.3 Å². The van der Waals surface area contributed by atoms with E-state index < -0.39 is 0 Å². The topological polar surface area (TPSA) is 69.2 Å². The van der Waals surface area contributed by atoms with Gasteiger partial charge in [0.25, 0.3) is 0 Å². The van der Waals surface area contributed by atoms with Crippen molar-refractivity contribution in [1.29, 1.82) is 0 Å². The van der Waals surface area contributed by atoms with Crippen LogP contribution in [0, 0.1) is 6.92 Å². The third-order valence-corrected chi connectivity index (χ3v) is 5.78. The fourth-order valence-corrected chi connectivity index (χ4v) is 4.05. The van der Waals surface area contributed by atoms with Crippen LogP contribution in [0.2, 0.25) is 0 Å². The summed E-state index contributed by atoms with van der Waals surface area (Å²) in [6.45, 7) is 11.7. The van der Waals surface area contributed by atoms with Crippen molar-refractivity contribution in [1.82, 2.24) is 20.4 Å². The zero-order valence-electron chi connectivity index (χ0n) is 18.5. The smallest absolute Gasteiger partial charge is 0.222 e. The summed E-state index contributed by atoms with van der Waals surface area (Å²) < 4.78 is 5.55. The predicted octanol–water partition coefficient (Wildman–Crippen LogP) is 1.94. The van der Waals surface area contributed by atoms with Crippen molar-refractivity contribution in [2.75, 3.05) is 59.0 Å². The molecular formula is C23H37N5O2. The van der Waals surface area contributed by atoms with Gasteiger partial charge in [-0.3, -0.25) is 14.7 Å². The quantitative estimate of drug-likeness (QED) is 0.366. The van der Waals surface area contributed by atoms with Crippen molar-refractivity contribution in [2.24, 2.45) is 4.99 Å². The summed E-state index contributed by atoms with van der Waals surface area (Å²) in [6, 6.07) is 9.04. The maximum absolute atomic E-state index is 11.7. The van der Waals surface area contributed by atoms with Crippen LogP contribution >= 0.6 is 0 Å². The van der Waals surface area contributed by atoms with Crippen LogP contribution in [0.4, 0.5) is 0 Å². The van der Waals surface area contributed by atoms with E-state index in [4.69, 9.17) is 9.73 Å². The second kappa shape index (κ2) is 11.9. The highest BCUT2D eigenvalue weighted by molar-refractivity contribution is 5.80. The van der Waals surface area contributed by atoms with Crippen LogP contribution in [0.15, 0.2) is 29.3 Å². The molecule has 0 radical (unpaired) electrons. The average Bonchev–Trinajstić information content (AvgIpc) is 3.18. The van der Waals surface area contributed by atoms with Gasteiger partial charge in [0.2, 0.25) is 5.91 Å². The lowest BCUT2D eigenvalue weighted by Crippen LogP contribution is -2.42. The second-order valence-corrected chi connectivity index (χ2v) is 8.06. The number of amides is 1. The summed E-state index contributed by atoms with van der Waals surface area (Å²) in [7, 11) is 0. The SMILES string of the molecule is CCNC(=NCC(c1ccc(C)cc1)N1CCOCC1)NCCCN1CCCC1=O. The number of aliphatic imine (C=N–C) groups is 1. The molecule has 3 rings (SSSR count). The van der Waals surface area contributed by atoms with Crippen LogP contribution < -0.4 is 10.6 Å². The molecule has 166 valence electrons. The molecule has 1 aromatic carbocycles. The Balaban J connectivity index is 1.58. The van der Waals surface area contributed by atoms with Crippen molar-refractivity contribution in [3.05, 3.63) is 35.4 Å². The van der Waals surface area contributed by atoms with Gasteiger partial charge in [-0.1, -0.05) is 29.8 Å². The Morgan fingerprint density at radius 2 is 1.93 bits per heavy atom. The van der Waals surface area contributed by atoms with Gasteiger partial charge in [-0.05, 0) is 32.3 Å². The molecule has 0 aliphatic carbocycles. The van der Waals surface area contributed by atoms with Crippen molar-refractivity contribution < 1.29 is 9.53 Å². The second-order valence-electron chi connectivity index (χ2n) is 8.06. The number of hydrogen-bond acceptors (Lipinski definition) is 4. The molecule has 7 nitrogen and oxygen atoms in total. The van der Waals surface area contributed by atoms with Gasteiger partial charge in [0.05, 0.1) is 25.8 Å². The van der Waals surface area contributed by atoms with Crippen LogP contribution in [-0.2, 0) is 9.53 Å². The first-order valence-corrected chi connectivity index (χ1v) is 11.4. The fraction of sp³-hybridized carbons (Fsp3) is 0.652. The molecule has 1 atom stereocenters. The number of benzene rings is 1. The molecule has 1 unspecified atom stereocenters. The monoisotopic (exact) mass is 415 g/mol. The van der Waals surface area contributed by atoms with Gasteiger partial charge in [-0.25, -0.2) is 0 Å². The largest absolute Gasteiger partial charge is 0.379 e. The van der Waals surface area contributed by atoms with Gasteiger partial charge in [-0.15, -0.1) is 0 Å². The minimum Gasteiger partial charge on any atom is -0.379 e. The van der Waals surface area contributed by atoms with E-state index in [1.54, 1.807) is 0 Å². The fourth-order valence-electron chi connectivity index (χ4n) is 4.05. The molecule has 2 N–H and O–H groups in total. The van der Waals surface area contributed by atoms with E-state index >= 15 is 0 Å². The Bertz CT molecular complexity index is 685. The predicted molar refractivity (Wildman–Crippen MR) is 121 cm³/mol. The minimum absolute atomic E-state index is 0.243. The van der Waals surface area contributed by atoms with Crippen LogP contribution in [0.3, 0.4) is 0 Å². The Morgan fingerprint density at radius 1 is 1.17 bits per heavy atom. The molecule has 1 amide bonds. The van der Waals surface area contributed by atoms with E-state index in [1.165, 1.54) is 11.1 Å². The Kier molecular flexibility index (Phi) is 8.96. The van der Waals surface area contributed by atoms with Gasteiger partial charge in [0.15, 0.2) is 5.96 Å². The number of guanidine groups is 1. The number of hydrogen-bond donors (Lipinski definition) is 2. The molecule has 0 bridgehead atoms. The standard InChI is InChI=1S/C23H37N5O2/c1-3-24-23(25-11-5-13-28-12-4-6-22(28)29)26-18-21(27-14-16-30-17-15-27)20-9-7-19(2)8-10-20/h7-10,21H,3-6,11-18H2,1-2H3,(H2,24,25,26). The molecule has 7 heteroatoms. The number of likely N-dealkylation sites (tertiary alicyclic amines) is 1. The summed E-state index contributed by atoms with van der Waals surface area (Å²) >= 11 is 0. The van der Waals surface area contributed by atoms with E-state index in [-0.39, 0.29) is 6.04 Å². The Morgan fingerprint density at radius 3 is 2.60 bits per heavy atom. The highest BCUT2D eigenvalue weighted by atomic mass is 16.5. The Hall–Kier alpha value is -2.12. The van der Waals surface area contributed by atoms with Crippen LogP contribution in [0.25, 0.3) is 0 Å². The number of rotatable bonds is 9. The van der Waals surface area contributed by atoms with Crippen LogP contribution in [0.1, 0.15) is 43.4 Å². The summed E-state index contributed by atoms with van der Waals surface area (Å²) in [6.07, 6.45) is 2.64. The molecule has 2 saturated heterocycles. The van der Waals surface area contributed by atoms with Crippen molar-refractivity contribution in [2.45, 2.75) is 39.2 Å². The number of nitrogens with zero attached hydrogens (tertiary/aromatic N) is 3. The molecule has 0 spiro atoms. The zero-order valence-corrected chi connectivity index (χ0v) is 18.5. The number of ether oxygens (including phenoxy) is 1. The number of carbonyl (C=O) groups excluding carboxylic acids is 1. The lowest BCUT2D eigenvalue weighted by atomic mass is 10.0. The minimum atomic E-state index is 0.243. The van der Waals surface area contributed by atoms with Crippen molar-refractivity contribution in [3.8, 4) is 0 Å². The van der Waals surface area contributed by atoms with Gasteiger partial charge in [0.1, 0.15) is 0 Å². The first-order valence-electron chi connectivity index (χ1n) is 11.4. The molecule has 0 saturated carbocycles. The lowest BCUT2D eigenvalue weighted by molar-refractivity contribution is -0.127. The Labute approximate surface area is 180 Å². The maximum atomic E-state index is 11.7. The molecule has 0 aromatic heterocycles. The highest BCUT2D eigenvalue weighted by Gasteiger charge is 2.23. The molecule has 2 fully saturated rings. The van der Waals surface area contributed by atoms with Crippen LogP contribution in [-0.4, -0.2) is 80.7 Å². The number of morpholine rings is 1. The summed E-state index contributed by atoms with van der Waals surface area (Å²) in [5.74, 6) is 1.14. The van der Waals surface area contributed by atoms with Gasteiger partial charge >= 0.3 is 0 Å². The summed E-state index contributed by atoms with van der Waals surface area (Å²) in [5, 5.41) is 6.79. The maximum Gasteiger partial charge on any atom is 0.222 e. The summed E-state index contributed by atoms with van der Waals surface area (Å²) in [5.41, 5.74) is 2.57. The zero-order chi connectivity index (χ0) is 21.2. The first kappa shape index (κ1) is 22.6. The average molecular weight is 416 g/mol. The molecule has 2 heterocycles. The van der Waals surface area contributed by atoms with E-state index in [2.05, 4.69) is 53.6 Å². The van der Waals surface area contributed by atoms with E-state index in [9.17, 15) is 4.79 Å². The number of aryl methyl sites for hydroxylation is 1. The number of nitrogens with one attached hydrogen (secondary N) is 2. The van der Waals surface area contributed by atoms with E-state index in [1.807, 2.05) is 4.90 Å². The van der Waals surface area contributed by atoms with Gasteiger partial charge < -0.3 is 20.3 Å². The first-order chi connectivity index (χ1) is 14.7. The summed E-state index contributed by atoms with van der Waals surface area (Å²) in [4.78, 5) is 21.1. The van der Waals surface area contributed by atoms with Gasteiger partial charge in [-0.2, -0.15) is 0 Å². The molecule has 30 heavy (non-hydrogen) atoms. The molecule has 2 aliphatic rings. The van der Waals surface area contributed by atoms with E-state index in [0.29, 0.717) is 18.9 Å². The van der Waals surface area contributed by atoms with Crippen molar-refractivity contribution >= 4 is 11.9 Å². The normalized spacial score (nSPS) is 19.2. The van der Waals surface area contributed by atoms with Gasteiger partial charge in [0, 0.05) is 45.7 Å². The highest BCUT2D eigenvalue weighted by Crippen LogP contribution is 2.23. The lowest BCUT2D eigenvalue weighted by Gasteiger charge is -2.34. The number of carbonyl (C=O) groups is 1. The van der Waals surface area contributed by atoms with Crippen molar-refractivity contribution in [3.63, 3.8) is 0 Å². The molecular weight excluding hydrogens is 378 g/mol. The third-order valence-electron chi connectivity index (χ3n) is 5.78. The van der Waals surface area contributed by atoms with Crippen LogP contribution in [0.5, 0.6) is 0 Å². The molecule has 1 aromatic rings.